The summed E-state index contributed by atoms with van der Waals surface area (Å²) in [5.41, 5.74) is 1.44. The van der Waals surface area contributed by atoms with Gasteiger partial charge < -0.3 is 10.2 Å². The predicted octanol–water partition coefficient (Wildman–Crippen LogP) is 3.48. The van der Waals surface area contributed by atoms with Crippen LogP contribution in [0.2, 0.25) is 0 Å². The first-order valence-electron chi connectivity index (χ1n) is 7.49. The Kier molecular flexibility index (Phi) is 3.01. The van der Waals surface area contributed by atoms with Crippen LogP contribution < -0.4 is 10.2 Å². The molecule has 1 aromatic carbocycles. The van der Waals surface area contributed by atoms with Gasteiger partial charge in [-0.1, -0.05) is 12.1 Å². The highest BCUT2D eigenvalue weighted by molar-refractivity contribution is 5.75. The molecule has 0 spiro atoms. The second kappa shape index (κ2) is 4.84. The van der Waals surface area contributed by atoms with Gasteiger partial charge in [0.25, 0.3) is 0 Å². The smallest absolute Gasteiger partial charge is 0.365 e. The molecule has 0 radical (unpaired) electrons. The molecule has 2 aromatic rings. The van der Waals surface area contributed by atoms with Crippen molar-refractivity contribution in [2.24, 2.45) is 0 Å². The van der Waals surface area contributed by atoms with E-state index in [1.54, 1.807) is 6.07 Å². The number of nitrogens with one attached hydrogen (secondary N) is 1. The van der Waals surface area contributed by atoms with Crippen molar-refractivity contribution < 1.29 is 13.2 Å². The van der Waals surface area contributed by atoms with Gasteiger partial charge in [0.2, 0.25) is 0 Å². The lowest BCUT2D eigenvalue weighted by atomic mass is 10.1. The molecule has 2 bridgehead atoms. The zero-order chi connectivity index (χ0) is 16.2. The molecule has 1 aromatic heterocycles. The number of nitrogens with zero attached hydrogens (tertiary/aromatic N) is 3. The Labute approximate surface area is 131 Å². The molecule has 4 nitrogen and oxygen atoms in total. The van der Waals surface area contributed by atoms with Gasteiger partial charge in [-0.3, -0.25) is 0 Å². The number of hydrogen-bond donors (Lipinski definition) is 1. The average molecular weight is 320 g/mol. The summed E-state index contributed by atoms with van der Waals surface area (Å²) < 4.78 is 38.7. The van der Waals surface area contributed by atoms with Crippen LogP contribution in [0.4, 0.5) is 24.7 Å². The van der Waals surface area contributed by atoms with E-state index < -0.39 is 11.7 Å². The first kappa shape index (κ1) is 14.3. The fourth-order valence-corrected chi connectivity index (χ4v) is 3.28. The summed E-state index contributed by atoms with van der Waals surface area (Å²) in [6, 6.07) is 5.49. The van der Waals surface area contributed by atoms with E-state index in [1.807, 2.05) is 6.92 Å². The number of halogens is 3. The minimum Gasteiger partial charge on any atom is -0.365 e. The first-order chi connectivity index (χ1) is 10.9. The Morgan fingerprint density at radius 3 is 2.87 bits per heavy atom. The van der Waals surface area contributed by atoms with Crippen LogP contribution in [0.3, 0.4) is 0 Å². The molecule has 23 heavy (non-hydrogen) atoms. The van der Waals surface area contributed by atoms with Crippen molar-refractivity contribution >= 4 is 11.5 Å². The molecule has 7 heteroatoms. The molecule has 1 fully saturated rings. The van der Waals surface area contributed by atoms with E-state index in [9.17, 15) is 13.2 Å². The maximum absolute atomic E-state index is 12.9. The molecule has 0 saturated carbocycles. The number of aromatic nitrogens is 2. The van der Waals surface area contributed by atoms with Crippen molar-refractivity contribution in [1.29, 1.82) is 0 Å². The van der Waals surface area contributed by atoms with E-state index in [-0.39, 0.29) is 0 Å². The topological polar surface area (TPSA) is 41.1 Å². The third-order valence-electron chi connectivity index (χ3n) is 4.35. The van der Waals surface area contributed by atoms with E-state index in [0.717, 1.165) is 48.8 Å². The Bertz CT molecular complexity index is 772. The number of fused-ring (bicyclic) bond motifs is 4. The molecule has 0 aliphatic carbocycles. The average Bonchev–Trinajstić information content (AvgIpc) is 2.87. The summed E-state index contributed by atoms with van der Waals surface area (Å²) in [5, 5.41) is 3.37. The summed E-state index contributed by atoms with van der Waals surface area (Å²) >= 11 is 0. The summed E-state index contributed by atoms with van der Waals surface area (Å²) in [7, 11) is 0. The lowest BCUT2D eigenvalue weighted by molar-refractivity contribution is -0.137. The first-order valence-corrected chi connectivity index (χ1v) is 7.49. The lowest BCUT2D eigenvalue weighted by Gasteiger charge is -2.29. The predicted molar refractivity (Wildman–Crippen MR) is 81.4 cm³/mol. The Morgan fingerprint density at radius 1 is 1.26 bits per heavy atom. The van der Waals surface area contributed by atoms with Crippen LogP contribution >= 0.6 is 0 Å². The highest BCUT2D eigenvalue weighted by Gasteiger charge is 2.33. The van der Waals surface area contributed by atoms with Gasteiger partial charge in [-0.05, 0) is 25.5 Å². The molecule has 4 rings (SSSR count). The summed E-state index contributed by atoms with van der Waals surface area (Å²) in [5.74, 6) is 1.04. The number of aryl methyl sites for hydroxylation is 1. The van der Waals surface area contributed by atoms with Crippen molar-refractivity contribution in [3.8, 4) is 11.4 Å². The van der Waals surface area contributed by atoms with Crippen molar-refractivity contribution in [3.63, 3.8) is 0 Å². The van der Waals surface area contributed by atoms with Crippen LogP contribution in [0, 0.1) is 6.92 Å². The number of alkyl halides is 3. The molecule has 1 N–H and O–H groups in total. The Morgan fingerprint density at radius 2 is 2.09 bits per heavy atom. The molecule has 2 aliphatic rings. The molecular formula is C16H15F3N4. The molecule has 1 saturated heterocycles. The minimum atomic E-state index is -4.37. The molecule has 1 unspecified atom stereocenters. The van der Waals surface area contributed by atoms with Crippen molar-refractivity contribution in [1.82, 2.24) is 9.97 Å². The SMILES string of the molecule is Cc1nc(-c2cccc(C(F)(F)F)c2)nc2c1N1CCC(C1)N2. The van der Waals surface area contributed by atoms with E-state index >= 15 is 0 Å². The van der Waals surface area contributed by atoms with E-state index in [2.05, 4.69) is 20.2 Å². The molecule has 2 aliphatic heterocycles. The molecule has 120 valence electrons. The largest absolute Gasteiger partial charge is 0.416 e. The minimum absolute atomic E-state index is 0.322. The zero-order valence-electron chi connectivity index (χ0n) is 12.5. The van der Waals surface area contributed by atoms with Gasteiger partial charge in [0.15, 0.2) is 11.6 Å². The highest BCUT2D eigenvalue weighted by atomic mass is 19.4. The fraction of sp³-hybridized carbons (Fsp3) is 0.375. The summed E-state index contributed by atoms with van der Waals surface area (Å²) in [6.45, 7) is 3.76. The van der Waals surface area contributed by atoms with Crippen LogP contribution in [-0.2, 0) is 6.18 Å². The standard InChI is InChI=1S/C16H15F3N4/c1-9-13-15(21-12-5-6-23(13)8-12)22-14(20-9)10-3-2-4-11(7-10)16(17,18)19/h2-4,7,12H,5-6,8H2,1H3,(H,20,21,22). The third kappa shape index (κ3) is 2.40. The van der Waals surface area contributed by atoms with Gasteiger partial charge in [-0.25, -0.2) is 9.97 Å². The molecule has 3 heterocycles. The maximum Gasteiger partial charge on any atom is 0.416 e. The second-order valence-electron chi connectivity index (χ2n) is 5.98. The van der Waals surface area contributed by atoms with Gasteiger partial charge in [0, 0.05) is 24.7 Å². The second-order valence-corrected chi connectivity index (χ2v) is 5.98. The maximum atomic E-state index is 12.9. The monoisotopic (exact) mass is 320 g/mol. The summed E-state index contributed by atoms with van der Waals surface area (Å²) in [4.78, 5) is 11.2. The molecule has 0 amide bonds. The van der Waals surface area contributed by atoms with Crippen LogP contribution in [-0.4, -0.2) is 29.1 Å². The van der Waals surface area contributed by atoms with Gasteiger partial charge in [-0.15, -0.1) is 0 Å². The van der Waals surface area contributed by atoms with Crippen LogP contribution in [0.15, 0.2) is 24.3 Å². The number of hydrogen-bond acceptors (Lipinski definition) is 4. The van der Waals surface area contributed by atoms with Crippen molar-refractivity contribution in [2.75, 3.05) is 23.3 Å². The van der Waals surface area contributed by atoms with Crippen molar-refractivity contribution in [2.45, 2.75) is 25.6 Å². The molecule has 1 atom stereocenters. The van der Waals surface area contributed by atoms with Crippen molar-refractivity contribution in [3.05, 3.63) is 35.5 Å². The van der Waals surface area contributed by atoms with Crippen LogP contribution in [0.5, 0.6) is 0 Å². The van der Waals surface area contributed by atoms with Gasteiger partial charge >= 0.3 is 6.18 Å². The quantitative estimate of drug-likeness (QED) is 0.873. The lowest BCUT2D eigenvalue weighted by Crippen LogP contribution is -2.33. The molecular weight excluding hydrogens is 305 g/mol. The zero-order valence-corrected chi connectivity index (χ0v) is 12.5. The summed E-state index contributed by atoms with van der Waals surface area (Å²) in [6.07, 6.45) is -3.34. The fourth-order valence-electron chi connectivity index (χ4n) is 3.28. The van der Waals surface area contributed by atoms with Crippen LogP contribution in [0.25, 0.3) is 11.4 Å². The van der Waals surface area contributed by atoms with Gasteiger partial charge in [-0.2, -0.15) is 13.2 Å². The number of anilines is 2. The Balaban J connectivity index is 1.79. The normalized spacial score (nSPS) is 19.5. The Hall–Kier alpha value is -2.31. The van der Waals surface area contributed by atoms with Crippen LogP contribution in [0.1, 0.15) is 17.7 Å². The van der Waals surface area contributed by atoms with Gasteiger partial charge in [0.05, 0.1) is 11.3 Å². The van der Waals surface area contributed by atoms with Gasteiger partial charge in [0.1, 0.15) is 5.69 Å². The number of rotatable bonds is 1. The number of benzene rings is 1. The third-order valence-corrected chi connectivity index (χ3v) is 4.35. The van der Waals surface area contributed by atoms with E-state index in [0.29, 0.717) is 17.4 Å². The van der Waals surface area contributed by atoms with E-state index in [4.69, 9.17) is 0 Å². The highest BCUT2D eigenvalue weighted by Crippen LogP contribution is 2.38. The van der Waals surface area contributed by atoms with E-state index in [1.165, 1.54) is 6.07 Å².